The van der Waals surface area contributed by atoms with Crippen LogP contribution in [0.2, 0.25) is 0 Å². The number of methoxy groups -OCH3 is 1. The van der Waals surface area contributed by atoms with E-state index < -0.39 is 0 Å². The zero-order valence-electron chi connectivity index (χ0n) is 12.1. The normalized spacial score (nSPS) is 26.7. The molecule has 0 radical (unpaired) electrons. The number of nitrogens with zero attached hydrogens (tertiary/aromatic N) is 2. The van der Waals surface area contributed by atoms with Crippen LogP contribution < -0.4 is 5.73 Å². The smallest absolute Gasteiger partial charge is 0.0629 e. The van der Waals surface area contributed by atoms with E-state index in [1.165, 1.54) is 25.7 Å². The Bertz CT molecular complexity index is 251. The molecule has 2 unspecified atom stereocenters. The Kier molecular flexibility index (Phi) is 6.04. The summed E-state index contributed by atoms with van der Waals surface area (Å²) in [6, 6.07) is 0.737. The number of ether oxygens (including phenoxy) is 1. The SMILES string of the molecule is COCC(N)C(CO)N1CCN(C2CCCC2)CC1. The zero-order valence-corrected chi connectivity index (χ0v) is 12.1. The average Bonchev–Trinajstić information content (AvgIpc) is 2.95. The second-order valence-corrected chi connectivity index (χ2v) is 5.88. The highest BCUT2D eigenvalue weighted by Gasteiger charge is 2.30. The van der Waals surface area contributed by atoms with Crippen LogP contribution in [0, 0.1) is 0 Å². The Morgan fingerprint density at radius 2 is 1.84 bits per heavy atom. The molecule has 2 rings (SSSR count). The average molecular weight is 271 g/mol. The van der Waals surface area contributed by atoms with E-state index in [2.05, 4.69) is 9.80 Å². The van der Waals surface area contributed by atoms with Crippen LogP contribution >= 0.6 is 0 Å². The maximum absolute atomic E-state index is 9.56. The molecule has 1 saturated carbocycles. The summed E-state index contributed by atoms with van der Waals surface area (Å²) in [4.78, 5) is 4.95. The van der Waals surface area contributed by atoms with Crippen molar-refractivity contribution in [2.75, 3.05) is 46.5 Å². The lowest BCUT2D eigenvalue weighted by atomic mass is 10.1. The molecular formula is C14H29N3O2. The van der Waals surface area contributed by atoms with Gasteiger partial charge < -0.3 is 15.6 Å². The number of aliphatic hydroxyl groups is 1. The summed E-state index contributed by atoms with van der Waals surface area (Å²) in [6.07, 6.45) is 5.52. The molecule has 0 aromatic heterocycles. The van der Waals surface area contributed by atoms with Crippen molar-refractivity contribution in [2.45, 2.75) is 43.8 Å². The topological polar surface area (TPSA) is 62.0 Å². The molecule has 1 aliphatic carbocycles. The van der Waals surface area contributed by atoms with Crippen molar-refractivity contribution >= 4 is 0 Å². The molecular weight excluding hydrogens is 242 g/mol. The van der Waals surface area contributed by atoms with Gasteiger partial charge in [0.05, 0.1) is 19.3 Å². The Balaban J connectivity index is 1.80. The van der Waals surface area contributed by atoms with E-state index in [-0.39, 0.29) is 18.7 Å². The van der Waals surface area contributed by atoms with Crippen LogP contribution in [0.3, 0.4) is 0 Å². The van der Waals surface area contributed by atoms with Crippen molar-refractivity contribution < 1.29 is 9.84 Å². The predicted molar refractivity (Wildman–Crippen MR) is 76.1 cm³/mol. The summed E-state index contributed by atoms with van der Waals surface area (Å²) >= 11 is 0. The minimum atomic E-state index is -0.104. The van der Waals surface area contributed by atoms with E-state index in [0.717, 1.165) is 32.2 Å². The standard InChI is InChI=1S/C14H29N3O2/c1-19-11-13(15)14(10-18)17-8-6-16(7-9-17)12-4-2-3-5-12/h12-14,18H,2-11,15H2,1H3. The first-order chi connectivity index (χ1) is 9.26. The van der Waals surface area contributed by atoms with Gasteiger partial charge in [0.25, 0.3) is 0 Å². The zero-order chi connectivity index (χ0) is 13.7. The molecule has 19 heavy (non-hydrogen) atoms. The second kappa shape index (κ2) is 7.55. The highest BCUT2D eigenvalue weighted by molar-refractivity contribution is 4.88. The molecule has 0 aromatic carbocycles. The van der Waals surface area contributed by atoms with Gasteiger partial charge in [0, 0.05) is 45.4 Å². The van der Waals surface area contributed by atoms with E-state index in [1.54, 1.807) is 7.11 Å². The number of piperazine rings is 1. The van der Waals surface area contributed by atoms with Crippen LogP contribution in [-0.2, 0) is 4.74 Å². The van der Waals surface area contributed by atoms with Gasteiger partial charge in [-0.25, -0.2) is 0 Å². The van der Waals surface area contributed by atoms with Crippen LogP contribution in [0.4, 0.5) is 0 Å². The fraction of sp³-hybridized carbons (Fsp3) is 1.00. The number of rotatable bonds is 6. The molecule has 1 aliphatic heterocycles. The number of hydrogen-bond donors (Lipinski definition) is 2. The van der Waals surface area contributed by atoms with Crippen LogP contribution in [0.1, 0.15) is 25.7 Å². The van der Waals surface area contributed by atoms with Gasteiger partial charge in [0.2, 0.25) is 0 Å². The van der Waals surface area contributed by atoms with Gasteiger partial charge in [-0.1, -0.05) is 12.8 Å². The summed E-state index contributed by atoms with van der Waals surface area (Å²) in [5, 5.41) is 9.56. The molecule has 0 aromatic rings. The van der Waals surface area contributed by atoms with Gasteiger partial charge in [-0.3, -0.25) is 9.80 Å². The van der Waals surface area contributed by atoms with Crippen molar-refractivity contribution in [3.8, 4) is 0 Å². The quantitative estimate of drug-likeness (QED) is 0.705. The maximum Gasteiger partial charge on any atom is 0.0629 e. The summed E-state index contributed by atoms with van der Waals surface area (Å²) in [5.74, 6) is 0. The Morgan fingerprint density at radius 1 is 1.21 bits per heavy atom. The Hall–Kier alpha value is -0.200. The lowest BCUT2D eigenvalue weighted by Crippen LogP contribution is -2.59. The van der Waals surface area contributed by atoms with Gasteiger partial charge in [0.15, 0.2) is 0 Å². The fourth-order valence-electron chi connectivity index (χ4n) is 3.53. The molecule has 0 amide bonds. The van der Waals surface area contributed by atoms with Crippen molar-refractivity contribution in [3.05, 3.63) is 0 Å². The molecule has 0 spiro atoms. The van der Waals surface area contributed by atoms with E-state index in [1.807, 2.05) is 0 Å². The van der Waals surface area contributed by atoms with Crippen molar-refractivity contribution in [2.24, 2.45) is 5.73 Å². The molecule has 0 bridgehead atoms. The predicted octanol–water partition coefficient (Wildman–Crippen LogP) is -0.119. The Morgan fingerprint density at radius 3 is 2.37 bits per heavy atom. The van der Waals surface area contributed by atoms with Crippen LogP contribution in [0.25, 0.3) is 0 Å². The molecule has 1 heterocycles. The van der Waals surface area contributed by atoms with Crippen LogP contribution in [0.5, 0.6) is 0 Å². The van der Waals surface area contributed by atoms with Gasteiger partial charge in [-0.15, -0.1) is 0 Å². The molecule has 3 N–H and O–H groups in total. The summed E-state index contributed by atoms with van der Waals surface area (Å²) < 4.78 is 5.11. The first-order valence-electron chi connectivity index (χ1n) is 7.59. The van der Waals surface area contributed by atoms with Crippen molar-refractivity contribution in [1.82, 2.24) is 9.80 Å². The monoisotopic (exact) mass is 271 g/mol. The molecule has 2 aliphatic rings. The molecule has 1 saturated heterocycles. The minimum absolute atomic E-state index is 0.0330. The number of aliphatic hydroxyl groups excluding tert-OH is 1. The lowest BCUT2D eigenvalue weighted by Gasteiger charge is -2.42. The van der Waals surface area contributed by atoms with Gasteiger partial charge in [0.1, 0.15) is 0 Å². The highest BCUT2D eigenvalue weighted by Crippen LogP contribution is 2.24. The lowest BCUT2D eigenvalue weighted by molar-refractivity contribution is 0.0247. The van der Waals surface area contributed by atoms with Crippen LogP contribution in [0.15, 0.2) is 0 Å². The maximum atomic E-state index is 9.56. The third-order valence-electron chi connectivity index (χ3n) is 4.70. The first kappa shape index (κ1) is 15.2. The van der Waals surface area contributed by atoms with Gasteiger partial charge >= 0.3 is 0 Å². The number of hydrogen-bond acceptors (Lipinski definition) is 5. The van der Waals surface area contributed by atoms with E-state index in [9.17, 15) is 5.11 Å². The van der Waals surface area contributed by atoms with Gasteiger partial charge in [-0.05, 0) is 12.8 Å². The Labute approximate surface area is 116 Å². The molecule has 5 heteroatoms. The molecule has 2 fully saturated rings. The fourth-order valence-corrected chi connectivity index (χ4v) is 3.53. The summed E-state index contributed by atoms with van der Waals surface area (Å²) in [7, 11) is 1.66. The first-order valence-corrected chi connectivity index (χ1v) is 7.59. The van der Waals surface area contributed by atoms with E-state index in [4.69, 9.17) is 10.5 Å². The summed E-state index contributed by atoms with van der Waals surface area (Å²) in [5.41, 5.74) is 6.09. The number of nitrogens with two attached hydrogens (primary N) is 1. The highest BCUT2D eigenvalue weighted by atomic mass is 16.5. The van der Waals surface area contributed by atoms with E-state index in [0.29, 0.717) is 6.61 Å². The van der Waals surface area contributed by atoms with Gasteiger partial charge in [-0.2, -0.15) is 0 Å². The summed E-state index contributed by atoms with van der Waals surface area (Å²) in [6.45, 7) is 4.88. The van der Waals surface area contributed by atoms with Crippen molar-refractivity contribution in [3.63, 3.8) is 0 Å². The molecule has 5 nitrogen and oxygen atoms in total. The largest absolute Gasteiger partial charge is 0.395 e. The molecule has 2 atom stereocenters. The third kappa shape index (κ3) is 3.89. The van der Waals surface area contributed by atoms with E-state index >= 15 is 0 Å². The third-order valence-corrected chi connectivity index (χ3v) is 4.70. The van der Waals surface area contributed by atoms with Crippen molar-refractivity contribution in [1.29, 1.82) is 0 Å². The molecule has 112 valence electrons. The second-order valence-electron chi connectivity index (χ2n) is 5.88. The van der Waals surface area contributed by atoms with Crippen LogP contribution in [-0.4, -0.2) is 79.5 Å². The minimum Gasteiger partial charge on any atom is -0.395 e.